The third kappa shape index (κ3) is 5.28. The van der Waals surface area contributed by atoms with Crippen LogP contribution in [0.25, 0.3) is 0 Å². The molecule has 0 radical (unpaired) electrons. The molecular formula is C13H18ClN3O2. The Labute approximate surface area is 117 Å². The van der Waals surface area contributed by atoms with Crippen LogP contribution in [0.1, 0.15) is 26.2 Å². The van der Waals surface area contributed by atoms with Gasteiger partial charge in [-0.15, -0.1) is 0 Å². The highest BCUT2D eigenvalue weighted by atomic mass is 35.5. The minimum absolute atomic E-state index is 0.0553. The maximum Gasteiger partial charge on any atom is 0.238 e. The molecule has 0 fully saturated rings. The molecule has 19 heavy (non-hydrogen) atoms. The molecule has 1 aromatic carbocycles. The van der Waals surface area contributed by atoms with Gasteiger partial charge in [0, 0.05) is 12.1 Å². The first-order valence-electron chi connectivity index (χ1n) is 6.16. The average molecular weight is 284 g/mol. The lowest BCUT2D eigenvalue weighted by molar-refractivity contribution is -0.116. The maximum atomic E-state index is 11.6. The fourth-order valence-electron chi connectivity index (χ4n) is 1.46. The number of nitrogens with one attached hydrogen (secondary N) is 2. The number of anilines is 2. The Kier molecular flexibility index (Phi) is 6.32. The van der Waals surface area contributed by atoms with Crippen LogP contribution in [0.15, 0.2) is 18.2 Å². The number of amides is 2. The second-order valence-electron chi connectivity index (χ2n) is 4.10. The first-order valence-corrected chi connectivity index (χ1v) is 6.54. The first-order chi connectivity index (χ1) is 9.06. The topological polar surface area (TPSA) is 84.2 Å². The van der Waals surface area contributed by atoms with Gasteiger partial charge in [-0.1, -0.05) is 24.9 Å². The van der Waals surface area contributed by atoms with Crippen LogP contribution in [-0.2, 0) is 9.59 Å². The van der Waals surface area contributed by atoms with Gasteiger partial charge in [0.15, 0.2) is 0 Å². The predicted octanol–water partition coefficient (Wildman–Crippen LogP) is 2.37. The van der Waals surface area contributed by atoms with Gasteiger partial charge in [-0.2, -0.15) is 0 Å². The summed E-state index contributed by atoms with van der Waals surface area (Å²) < 4.78 is 0. The Morgan fingerprint density at radius 3 is 2.63 bits per heavy atom. The van der Waals surface area contributed by atoms with Crippen molar-refractivity contribution in [2.24, 2.45) is 5.73 Å². The van der Waals surface area contributed by atoms with Gasteiger partial charge in [0.25, 0.3) is 0 Å². The number of hydrogen-bond acceptors (Lipinski definition) is 3. The number of carbonyl (C=O) groups excluding carboxylic acids is 2. The zero-order valence-corrected chi connectivity index (χ0v) is 11.6. The molecular weight excluding hydrogens is 266 g/mol. The van der Waals surface area contributed by atoms with Gasteiger partial charge in [0.1, 0.15) is 0 Å². The van der Waals surface area contributed by atoms with E-state index in [0.29, 0.717) is 22.8 Å². The standard InChI is InChI=1S/C13H18ClN3O2/c1-2-3-4-12(18)16-9-5-6-10(14)11(7-9)17-13(19)8-15/h5-7H,2-4,8,15H2,1H3,(H,16,18)(H,17,19). The minimum atomic E-state index is -0.337. The minimum Gasteiger partial charge on any atom is -0.326 e. The summed E-state index contributed by atoms with van der Waals surface area (Å²) in [6.45, 7) is 1.90. The number of carbonyl (C=O) groups is 2. The van der Waals surface area contributed by atoms with Gasteiger partial charge < -0.3 is 16.4 Å². The Hall–Kier alpha value is -1.59. The summed E-state index contributed by atoms with van der Waals surface area (Å²) in [5.74, 6) is -0.392. The molecule has 0 spiro atoms. The molecule has 0 aromatic heterocycles. The fourth-order valence-corrected chi connectivity index (χ4v) is 1.63. The highest BCUT2D eigenvalue weighted by Crippen LogP contribution is 2.25. The smallest absolute Gasteiger partial charge is 0.238 e. The van der Waals surface area contributed by atoms with E-state index in [9.17, 15) is 9.59 Å². The van der Waals surface area contributed by atoms with Crippen LogP contribution in [0.3, 0.4) is 0 Å². The van der Waals surface area contributed by atoms with Crippen molar-refractivity contribution in [3.05, 3.63) is 23.2 Å². The lowest BCUT2D eigenvalue weighted by atomic mass is 10.2. The van der Waals surface area contributed by atoms with Crippen molar-refractivity contribution in [1.29, 1.82) is 0 Å². The SMILES string of the molecule is CCCCC(=O)Nc1ccc(Cl)c(NC(=O)CN)c1. The molecule has 0 bridgehead atoms. The lowest BCUT2D eigenvalue weighted by Gasteiger charge is -2.10. The van der Waals surface area contributed by atoms with Gasteiger partial charge in [-0.3, -0.25) is 9.59 Å². The molecule has 0 saturated heterocycles. The molecule has 0 heterocycles. The highest BCUT2D eigenvalue weighted by molar-refractivity contribution is 6.33. The Bertz CT molecular complexity index is 463. The number of unbranched alkanes of at least 4 members (excludes halogenated alkanes) is 1. The van der Waals surface area contributed by atoms with Gasteiger partial charge >= 0.3 is 0 Å². The predicted molar refractivity (Wildman–Crippen MR) is 77.3 cm³/mol. The molecule has 0 unspecified atom stereocenters. The molecule has 0 saturated carbocycles. The van der Waals surface area contributed by atoms with E-state index < -0.39 is 0 Å². The monoisotopic (exact) mass is 283 g/mol. The summed E-state index contributed by atoms with van der Waals surface area (Å²) in [6, 6.07) is 4.91. The maximum absolute atomic E-state index is 11.6. The number of benzene rings is 1. The van der Waals surface area contributed by atoms with Crippen molar-refractivity contribution in [3.63, 3.8) is 0 Å². The number of rotatable bonds is 6. The van der Waals surface area contributed by atoms with Crippen LogP contribution >= 0.6 is 11.6 Å². The number of hydrogen-bond donors (Lipinski definition) is 3. The molecule has 6 heteroatoms. The molecule has 4 N–H and O–H groups in total. The third-order valence-corrected chi connectivity index (χ3v) is 2.80. The zero-order chi connectivity index (χ0) is 14.3. The first kappa shape index (κ1) is 15.5. The van der Waals surface area contributed by atoms with Crippen LogP contribution in [-0.4, -0.2) is 18.4 Å². The number of nitrogens with two attached hydrogens (primary N) is 1. The molecule has 2 amide bonds. The summed E-state index contributed by atoms with van der Waals surface area (Å²) in [6.07, 6.45) is 2.28. The second kappa shape index (κ2) is 7.76. The van der Waals surface area contributed by atoms with Gasteiger partial charge in [-0.05, 0) is 24.6 Å². The molecule has 5 nitrogen and oxygen atoms in total. The molecule has 0 aliphatic rings. The summed E-state index contributed by atoms with van der Waals surface area (Å²) in [5.41, 5.74) is 6.25. The van der Waals surface area contributed by atoms with Crippen LogP contribution < -0.4 is 16.4 Å². The van der Waals surface area contributed by atoms with Crippen molar-refractivity contribution in [2.45, 2.75) is 26.2 Å². The van der Waals surface area contributed by atoms with E-state index in [0.717, 1.165) is 12.8 Å². The van der Waals surface area contributed by atoms with Crippen molar-refractivity contribution in [3.8, 4) is 0 Å². The Balaban J connectivity index is 2.72. The summed E-state index contributed by atoms with van der Waals surface area (Å²) in [7, 11) is 0. The van der Waals surface area contributed by atoms with E-state index in [2.05, 4.69) is 10.6 Å². The van der Waals surface area contributed by atoms with E-state index >= 15 is 0 Å². The van der Waals surface area contributed by atoms with Gasteiger partial charge in [0.05, 0.1) is 17.3 Å². The van der Waals surface area contributed by atoms with Crippen molar-refractivity contribution >= 4 is 34.8 Å². The Morgan fingerprint density at radius 1 is 1.26 bits per heavy atom. The van der Waals surface area contributed by atoms with Crippen LogP contribution in [0.2, 0.25) is 5.02 Å². The van der Waals surface area contributed by atoms with E-state index in [1.54, 1.807) is 18.2 Å². The molecule has 1 aromatic rings. The summed E-state index contributed by atoms with van der Waals surface area (Å²) >= 11 is 5.95. The zero-order valence-electron chi connectivity index (χ0n) is 10.8. The van der Waals surface area contributed by atoms with E-state index in [1.807, 2.05) is 6.92 Å². The van der Waals surface area contributed by atoms with Gasteiger partial charge in [0.2, 0.25) is 11.8 Å². The molecule has 1 rings (SSSR count). The van der Waals surface area contributed by atoms with E-state index in [-0.39, 0.29) is 18.4 Å². The summed E-state index contributed by atoms with van der Waals surface area (Å²) in [5, 5.41) is 5.72. The highest BCUT2D eigenvalue weighted by Gasteiger charge is 2.07. The van der Waals surface area contributed by atoms with Crippen LogP contribution in [0.5, 0.6) is 0 Å². The normalized spacial score (nSPS) is 10.1. The van der Waals surface area contributed by atoms with Crippen molar-refractivity contribution in [1.82, 2.24) is 0 Å². The quantitative estimate of drug-likeness (QED) is 0.749. The fraction of sp³-hybridized carbons (Fsp3) is 0.385. The number of halogens is 1. The Morgan fingerprint density at radius 2 is 2.00 bits per heavy atom. The van der Waals surface area contributed by atoms with E-state index in [1.165, 1.54) is 0 Å². The third-order valence-electron chi connectivity index (χ3n) is 2.47. The van der Waals surface area contributed by atoms with Crippen LogP contribution in [0.4, 0.5) is 11.4 Å². The van der Waals surface area contributed by atoms with Gasteiger partial charge in [-0.25, -0.2) is 0 Å². The molecule has 0 aliphatic carbocycles. The van der Waals surface area contributed by atoms with Crippen molar-refractivity contribution in [2.75, 3.05) is 17.2 Å². The molecule has 0 aliphatic heterocycles. The average Bonchev–Trinajstić information content (AvgIpc) is 2.40. The summed E-state index contributed by atoms with van der Waals surface area (Å²) in [4.78, 5) is 22.8. The molecule has 104 valence electrons. The second-order valence-corrected chi connectivity index (χ2v) is 4.51. The van der Waals surface area contributed by atoms with Crippen molar-refractivity contribution < 1.29 is 9.59 Å². The van der Waals surface area contributed by atoms with Crippen LogP contribution in [0, 0.1) is 0 Å². The lowest BCUT2D eigenvalue weighted by Crippen LogP contribution is -2.22. The largest absolute Gasteiger partial charge is 0.326 e. The van der Waals surface area contributed by atoms with E-state index in [4.69, 9.17) is 17.3 Å². The molecule has 0 atom stereocenters.